The van der Waals surface area contributed by atoms with Crippen molar-refractivity contribution in [2.24, 2.45) is 0 Å². The third-order valence-corrected chi connectivity index (χ3v) is 3.51. The first-order chi connectivity index (χ1) is 8.94. The van der Waals surface area contributed by atoms with Gasteiger partial charge in [-0.25, -0.2) is 0 Å². The zero-order chi connectivity index (χ0) is 13.9. The Morgan fingerprint density at radius 2 is 1.84 bits per heavy atom. The Balaban J connectivity index is 2.31. The lowest BCUT2D eigenvalue weighted by Gasteiger charge is -2.39. The summed E-state index contributed by atoms with van der Waals surface area (Å²) in [5.41, 5.74) is -1.08. The summed E-state index contributed by atoms with van der Waals surface area (Å²) >= 11 is 17.4. The summed E-state index contributed by atoms with van der Waals surface area (Å²) in [6, 6.07) is 9.14. The fourth-order valence-corrected chi connectivity index (χ4v) is 2.49. The predicted octanol–water partition coefficient (Wildman–Crippen LogP) is 4.05. The molecule has 1 aromatic carbocycles. The van der Waals surface area contributed by atoms with E-state index in [1.165, 1.54) is 0 Å². The van der Waals surface area contributed by atoms with E-state index in [4.69, 9.17) is 39.5 Å². The van der Waals surface area contributed by atoms with E-state index in [9.17, 15) is 5.11 Å². The SMILES string of the molecule is OC(C(Cl)(Cl)Cl)C1(Oc2ccccc2)C=CC=CC1. The second-order valence-electron chi connectivity index (χ2n) is 4.31. The fourth-order valence-electron chi connectivity index (χ4n) is 1.94. The standard InChI is InChI=1S/C14H13Cl3O2/c15-14(16,17)12(18)13(9-5-2-6-10-13)19-11-7-3-1-4-8-11/h1-9,12,18H,10H2. The molecule has 1 aromatic rings. The van der Waals surface area contributed by atoms with Gasteiger partial charge in [-0.15, -0.1) is 0 Å². The van der Waals surface area contributed by atoms with Crippen LogP contribution in [0.25, 0.3) is 0 Å². The molecular weight excluding hydrogens is 307 g/mol. The van der Waals surface area contributed by atoms with E-state index in [0.717, 1.165) is 0 Å². The number of rotatable bonds is 3. The number of ether oxygens (including phenoxy) is 1. The number of hydrogen-bond donors (Lipinski definition) is 1. The van der Waals surface area contributed by atoms with E-state index in [1.807, 2.05) is 30.4 Å². The van der Waals surface area contributed by atoms with Crippen molar-refractivity contribution >= 4 is 34.8 Å². The van der Waals surface area contributed by atoms with Crippen LogP contribution in [0.5, 0.6) is 5.75 Å². The molecule has 1 aliphatic rings. The quantitative estimate of drug-likeness (QED) is 0.852. The summed E-state index contributed by atoms with van der Waals surface area (Å²) in [6.07, 6.45) is 6.35. The molecule has 102 valence electrons. The van der Waals surface area contributed by atoms with Crippen molar-refractivity contribution in [3.05, 3.63) is 54.6 Å². The van der Waals surface area contributed by atoms with Gasteiger partial charge in [0.05, 0.1) is 0 Å². The highest BCUT2D eigenvalue weighted by Gasteiger charge is 2.48. The average molecular weight is 320 g/mol. The molecule has 2 unspecified atom stereocenters. The first-order valence-electron chi connectivity index (χ1n) is 5.77. The molecule has 2 nitrogen and oxygen atoms in total. The van der Waals surface area contributed by atoms with Crippen LogP contribution in [-0.4, -0.2) is 20.6 Å². The molecule has 1 aliphatic carbocycles. The third kappa shape index (κ3) is 3.46. The summed E-state index contributed by atoms with van der Waals surface area (Å²) in [7, 11) is 0. The van der Waals surface area contributed by atoms with Crippen molar-refractivity contribution in [3.8, 4) is 5.75 Å². The van der Waals surface area contributed by atoms with Gasteiger partial charge >= 0.3 is 0 Å². The minimum absolute atomic E-state index is 0.424. The van der Waals surface area contributed by atoms with Gasteiger partial charge in [-0.3, -0.25) is 0 Å². The lowest BCUT2D eigenvalue weighted by molar-refractivity contribution is -0.0163. The van der Waals surface area contributed by atoms with Gasteiger partial charge in [0.2, 0.25) is 3.79 Å². The Hall–Kier alpha value is -0.670. The minimum atomic E-state index is -1.83. The largest absolute Gasteiger partial charge is 0.480 e. The molecule has 0 saturated heterocycles. The van der Waals surface area contributed by atoms with Crippen LogP contribution >= 0.6 is 34.8 Å². The third-order valence-electron chi connectivity index (χ3n) is 2.89. The smallest absolute Gasteiger partial charge is 0.220 e. The van der Waals surface area contributed by atoms with Crippen LogP contribution in [0, 0.1) is 0 Å². The van der Waals surface area contributed by atoms with Gasteiger partial charge in [0.15, 0.2) is 5.60 Å². The van der Waals surface area contributed by atoms with Crippen molar-refractivity contribution in [2.45, 2.75) is 21.9 Å². The van der Waals surface area contributed by atoms with Crippen molar-refractivity contribution < 1.29 is 9.84 Å². The van der Waals surface area contributed by atoms with Crippen molar-refractivity contribution in [1.29, 1.82) is 0 Å². The van der Waals surface area contributed by atoms with Crippen molar-refractivity contribution in [1.82, 2.24) is 0 Å². The van der Waals surface area contributed by atoms with Crippen LogP contribution in [0.2, 0.25) is 0 Å². The zero-order valence-corrected chi connectivity index (χ0v) is 12.2. The maximum Gasteiger partial charge on any atom is 0.220 e. The van der Waals surface area contributed by atoms with Crippen molar-refractivity contribution in [3.63, 3.8) is 0 Å². The molecule has 0 aromatic heterocycles. The number of allylic oxidation sites excluding steroid dienone is 2. The van der Waals surface area contributed by atoms with Crippen molar-refractivity contribution in [2.75, 3.05) is 0 Å². The monoisotopic (exact) mass is 318 g/mol. The molecule has 0 aliphatic heterocycles. The number of alkyl halides is 3. The van der Waals surface area contributed by atoms with Gasteiger partial charge in [-0.2, -0.15) is 0 Å². The van der Waals surface area contributed by atoms with E-state index < -0.39 is 15.5 Å². The Kier molecular flexibility index (Phi) is 4.46. The average Bonchev–Trinajstić information content (AvgIpc) is 2.39. The Morgan fingerprint density at radius 1 is 1.16 bits per heavy atom. The van der Waals surface area contributed by atoms with Gasteiger partial charge in [0.1, 0.15) is 11.9 Å². The molecule has 2 atom stereocenters. The van der Waals surface area contributed by atoms with Gasteiger partial charge < -0.3 is 9.84 Å². The maximum atomic E-state index is 10.3. The molecule has 0 amide bonds. The second kappa shape index (κ2) is 5.76. The van der Waals surface area contributed by atoms with Crippen LogP contribution < -0.4 is 4.74 Å². The van der Waals surface area contributed by atoms with Gasteiger partial charge in [-0.05, 0) is 18.2 Å². The van der Waals surface area contributed by atoms with E-state index in [2.05, 4.69) is 0 Å². The molecule has 0 spiro atoms. The highest BCUT2D eigenvalue weighted by molar-refractivity contribution is 6.68. The van der Waals surface area contributed by atoms with Gasteiger partial charge in [0, 0.05) is 6.42 Å². The topological polar surface area (TPSA) is 29.5 Å². The van der Waals surface area contributed by atoms with Crippen LogP contribution in [0.4, 0.5) is 0 Å². The Morgan fingerprint density at radius 3 is 2.37 bits per heavy atom. The first kappa shape index (κ1) is 14.7. The number of benzene rings is 1. The van der Waals surface area contributed by atoms with Crippen LogP contribution in [0.1, 0.15) is 6.42 Å². The zero-order valence-electron chi connectivity index (χ0n) is 9.97. The molecule has 0 heterocycles. The molecule has 0 radical (unpaired) electrons. The number of para-hydroxylation sites is 1. The molecular formula is C14H13Cl3O2. The summed E-state index contributed by atoms with van der Waals surface area (Å²) in [5.74, 6) is 0.607. The van der Waals surface area contributed by atoms with E-state index in [1.54, 1.807) is 24.3 Å². The summed E-state index contributed by atoms with van der Waals surface area (Å²) in [6.45, 7) is 0. The van der Waals surface area contributed by atoms with E-state index in [-0.39, 0.29) is 0 Å². The fraction of sp³-hybridized carbons (Fsp3) is 0.286. The summed E-state index contributed by atoms with van der Waals surface area (Å²) < 4.78 is 4.06. The molecule has 5 heteroatoms. The Labute approximate surface area is 127 Å². The van der Waals surface area contributed by atoms with E-state index >= 15 is 0 Å². The minimum Gasteiger partial charge on any atom is -0.480 e. The maximum absolute atomic E-state index is 10.3. The highest BCUT2D eigenvalue weighted by atomic mass is 35.6. The Bertz CT molecular complexity index is 479. The molecule has 19 heavy (non-hydrogen) atoms. The predicted molar refractivity (Wildman–Crippen MR) is 79.0 cm³/mol. The van der Waals surface area contributed by atoms with E-state index in [0.29, 0.717) is 12.2 Å². The van der Waals surface area contributed by atoms with Gasteiger partial charge in [0.25, 0.3) is 0 Å². The highest BCUT2D eigenvalue weighted by Crippen LogP contribution is 2.41. The molecule has 1 N–H and O–H groups in total. The number of hydrogen-bond acceptors (Lipinski definition) is 2. The lowest BCUT2D eigenvalue weighted by Crippen LogP contribution is -2.52. The molecule has 0 saturated carbocycles. The number of aliphatic hydroxyl groups is 1. The number of aliphatic hydroxyl groups excluding tert-OH is 1. The van der Waals surface area contributed by atoms with Gasteiger partial charge in [-0.1, -0.05) is 71.2 Å². The lowest BCUT2D eigenvalue weighted by atomic mass is 9.89. The summed E-state index contributed by atoms with van der Waals surface area (Å²) in [4.78, 5) is 0. The summed E-state index contributed by atoms with van der Waals surface area (Å²) in [5, 5.41) is 10.3. The molecule has 2 rings (SSSR count). The molecule has 0 bridgehead atoms. The second-order valence-corrected chi connectivity index (χ2v) is 6.67. The van der Waals surface area contributed by atoms with Crippen LogP contribution in [0.3, 0.4) is 0 Å². The first-order valence-corrected chi connectivity index (χ1v) is 6.91. The number of halogens is 3. The van der Waals surface area contributed by atoms with Crippen LogP contribution in [-0.2, 0) is 0 Å². The van der Waals surface area contributed by atoms with Crippen LogP contribution in [0.15, 0.2) is 54.6 Å². The normalized spacial score (nSPS) is 24.2. The molecule has 0 fully saturated rings.